The van der Waals surface area contributed by atoms with E-state index in [9.17, 15) is 0 Å². The van der Waals surface area contributed by atoms with Gasteiger partial charge in [-0.3, -0.25) is 0 Å². The molecule has 0 radical (unpaired) electrons. The standard InChI is InChI=1S/C24H20P.ClH.Mg.2H/c1-5-13-21(14-6-1)25(22-15-7-2-8-16-22,23-17-9-3-10-18-23)24-19-11-4-12-20-24;;;;/h1-20H;1H;;;/q+1;;+2;2*-1. The van der Waals surface area contributed by atoms with E-state index in [1.54, 1.807) is 0 Å². The van der Waals surface area contributed by atoms with Gasteiger partial charge in [0.1, 0.15) is 28.5 Å². The molecule has 0 aliphatic carbocycles. The van der Waals surface area contributed by atoms with Gasteiger partial charge in [0.25, 0.3) is 0 Å². The van der Waals surface area contributed by atoms with E-state index < -0.39 is 7.26 Å². The van der Waals surface area contributed by atoms with Crippen LogP contribution in [0.1, 0.15) is 2.85 Å². The second kappa shape index (κ2) is 10.1. The minimum absolute atomic E-state index is 0. The summed E-state index contributed by atoms with van der Waals surface area (Å²) in [5.41, 5.74) is 0. The average molecular weight is 402 g/mol. The summed E-state index contributed by atoms with van der Waals surface area (Å²) in [6.45, 7) is 0. The Morgan fingerprint density at radius 2 is 0.556 bits per heavy atom. The molecule has 0 saturated carbocycles. The maximum absolute atomic E-state index is 2.28. The molecule has 3 heteroatoms. The van der Waals surface area contributed by atoms with Crippen LogP contribution in [0.5, 0.6) is 0 Å². The van der Waals surface area contributed by atoms with E-state index in [0.29, 0.717) is 0 Å². The first-order valence-corrected chi connectivity index (χ1v) is 10.3. The summed E-state index contributed by atoms with van der Waals surface area (Å²) in [5.74, 6) is 0. The molecular formula is C24H23ClMgP+. The summed E-state index contributed by atoms with van der Waals surface area (Å²) in [4.78, 5) is 0. The van der Waals surface area contributed by atoms with Crippen molar-refractivity contribution < 1.29 is 2.85 Å². The predicted octanol–water partition coefficient (Wildman–Crippen LogP) is 4.57. The first kappa shape index (κ1) is 21.7. The van der Waals surface area contributed by atoms with Crippen molar-refractivity contribution in [3.05, 3.63) is 121 Å². The average Bonchev–Trinajstić information content (AvgIpc) is 2.72. The Morgan fingerprint density at radius 1 is 0.370 bits per heavy atom. The number of halogens is 1. The van der Waals surface area contributed by atoms with Crippen LogP contribution in [0.3, 0.4) is 0 Å². The fourth-order valence-corrected chi connectivity index (χ4v) is 7.77. The SMILES string of the molecule is Cl.[H-].[H-].[Mg+2].c1ccc([P+](c2ccccc2)(c2ccccc2)c2ccccc2)cc1. The van der Waals surface area contributed by atoms with E-state index in [1.807, 2.05) is 0 Å². The first-order chi connectivity index (χ1) is 12.4. The van der Waals surface area contributed by atoms with Gasteiger partial charge in [0.2, 0.25) is 0 Å². The van der Waals surface area contributed by atoms with Crippen LogP contribution in [-0.2, 0) is 0 Å². The predicted molar refractivity (Wildman–Crippen MR) is 126 cm³/mol. The Balaban J connectivity index is 0.00000196. The van der Waals surface area contributed by atoms with Gasteiger partial charge in [-0.15, -0.1) is 12.4 Å². The van der Waals surface area contributed by atoms with Crippen LogP contribution >= 0.6 is 19.7 Å². The zero-order valence-corrected chi connectivity index (χ0v) is 18.2. The summed E-state index contributed by atoms with van der Waals surface area (Å²) in [5, 5.41) is 5.55. The largest absolute Gasteiger partial charge is 2.00 e. The Kier molecular flexibility index (Phi) is 8.07. The van der Waals surface area contributed by atoms with E-state index in [0.717, 1.165) is 0 Å². The molecule has 0 aromatic heterocycles. The van der Waals surface area contributed by atoms with Crippen molar-refractivity contribution in [1.29, 1.82) is 0 Å². The molecule has 0 unspecified atom stereocenters. The smallest absolute Gasteiger partial charge is 1.00 e. The molecule has 4 aromatic rings. The zero-order valence-electron chi connectivity index (χ0n) is 17.1. The van der Waals surface area contributed by atoms with Crippen LogP contribution in [0.15, 0.2) is 121 Å². The van der Waals surface area contributed by atoms with Crippen LogP contribution in [-0.4, -0.2) is 23.1 Å². The van der Waals surface area contributed by atoms with E-state index in [4.69, 9.17) is 0 Å². The Labute approximate surface area is 187 Å². The van der Waals surface area contributed by atoms with Crippen molar-refractivity contribution >= 4 is 63.9 Å². The molecule has 4 aromatic carbocycles. The molecule has 0 nitrogen and oxygen atoms in total. The molecule has 0 atom stereocenters. The van der Waals surface area contributed by atoms with E-state index >= 15 is 0 Å². The van der Waals surface area contributed by atoms with Gasteiger partial charge in [-0.1, -0.05) is 72.8 Å². The van der Waals surface area contributed by atoms with E-state index in [2.05, 4.69) is 121 Å². The van der Waals surface area contributed by atoms with Crippen LogP contribution in [0.2, 0.25) is 0 Å². The molecule has 0 fully saturated rings. The van der Waals surface area contributed by atoms with Crippen molar-refractivity contribution in [3.8, 4) is 0 Å². The van der Waals surface area contributed by atoms with Crippen molar-refractivity contribution in [2.45, 2.75) is 0 Å². The Morgan fingerprint density at radius 3 is 0.741 bits per heavy atom. The minimum Gasteiger partial charge on any atom is -1.00 e. The molecule has 0 saturated heterocycles. The summed E-state index contributed by atoms with van der Waals surface area (Å²) in [7, 11) is -1.91. The van der Waals surface area contributed by atoms with Gasteiger partial charge in [-0.25, -0.2) is 0 Å². The van der Waals surface area contributed by atoms with Crippen LogP contribution < -0.4 is 21.2 Å². The summed E-state index contributed by atoms with van der Waals surface area (Å²) in [6, 6.07) is 43.8. The van der Waals surface area contributed by atoms with Gasteiger partial charge in [0.15, 0.2) is 0 Å². The summed E-state index contributed by atoms with van der Waals surface area (Å²) >= 11 is 0. The van der Waals surface area contributed by atoms with Crippen molar-refractivity contribution in [1.82, 2.24) is 0 Å². The van der Waals surface area contributed by atoms with Crippen LogP contribution in [0.4, 0.5) is 0 Å². The van der Waals surface area contributed by atoms with Gasteiger partial charge in [0.05, 0.1) is 0 Å². The third-order valence-electron chi connectivity index (χ3n) is 4.57. The maximum Gasteiger partial charge on any atom is 2.00 e. The number of benzene rings is 4. The van der Waals surface area contributed by atoms with Crippen LogP contribution in [0.25, 0.3) is 0 Å². The third kappa shape index (κ3) is 4.12. The first-order valence-electron chi connectivity index (χ1n) is 8.54. The van der Waals surface area contributed by atoms with Gasteiger partial charge < -0.3 is 2.85 Å². The molecular weight excluding hydrogens is 379 g/mol. The van der Waals surface area contributed by atoms with E-state index in [1.165, 1.54) is 21.2 Å². The topological polar surface area (TPSA) is 0 Å². The third-order valence-corrected chi connectivity index (χ3v) is 8.86. The second-order valence-corrected chi connectivity index (χ2v) is 9.42. The number of hydrogen-bond donors (Lipinski definition) is 0. The molecule has 0 amide bonds. The molecule has 0 aliphatic rings. The molecule has 0 N–H and O–H groups in total. The van der Waals surface area contributed by atoms with Crippen LogP contribution in [0, 0.1) is 0 Å². The Bertz CT molecular complexity index is 776. The van der Waals surface area contributed by atoms with Gasteiger partial charge >= 0.3 is 23.1 Å². The minimum atomic E-state index is -1.91. The fourth-order valence-electron chi connectivity index (χ4n) is 3.50. The number of rotatable bonds is 4. The monoisotopic (exact) mass is 401 g/mol. The summed E-state index contributed by atoms with van der Waals surface area (Å²) in [6.07, 6.45) is 0. The second-order valence-electron chi connectivity index (χ2n) is 6.01. The normalized spacial score (nSPS) is 10.4. The molecule has 4 rings (SSSR count). The molecule has 0 spiro atoms. The van der Waals surface area contributed by atoms with Crippen molar-refractivity contribution in [2.24, 2.45) is 0 Å². The maximum atomic E-state index is 2.28. The van der Waals surface area contributed by atoms with Gasteiger partial charge in [-0.05, 0) is 48.5 Å². The van der Waals surface area contributed by atoms with Gasteiger partial charge in [0, 0.05) is 0 Å². The molecule has 0 aliphatic heterocycles. The van der Waals surface area contributed by atoms with Gasteiger partial charge in [-0.2, -0.15) is 0 Å². The molecule has 27 heavy (non-hydrogen) atoms. The molecule has 0 bridgehead atoms. The quantitative estimate of drug-likeness (QED) is 0.347. The molecule has 132 valence electrons. The molecule has 0 heterocycles. The van der Waals surface area contributed by atoms with Crippen molar-refractivity contribution in [3.63, 3.8) is 0 Å². The Hall–Kier alpha value is -1.63. The summed E-state index contributed by atoms with van der Waals surface area (Å²) < 4.78 is 0. The fraction of sp³-hybridized carbons (Fsp3) is 0. The zero-order chi connectivity index (χ0) is 17.0. The van der Waals surface area contributed by atoms with Crippen molar-refractivity contribution in [2.75, 3.05) is 0 Å². The number of hydrogen-bond acceptors (Lipinski definition) is 0. The van der Waals surface area contributed by atoms with E-state index in [-0.39, 0.29) is 38.3 Å².